The molecular formula is C11H11N5O. The summed E-state index contributed by atoms with van der Waals surface area (Å²) in [6.45, 7) is 0. The van der Waals surface area contributed by atoms with Gasteiger partial charge in [-0.05, 0) is 18.2 Å². The van der Waals surface area contributed by atoms with Gasteiger partial charge in [0.2, 0.25) is 0 Å². The van der Waals surface area contributed by atoms with Gasteiger partial charge in [0.25, 0.3) is 5.56 Å². The molecular weight excluding hydrogens is 218 g/mol. The molecule has 2 rings (SSSR count). The molecule has 86 valence electrons. The Morgan fingerprint density at radius 3 is 2.59 bits per heavy atom. The Kier molecular flexibility index (Phi) is 3.27. The monoisotopic (exact) mass is 229 g/mol. The topological polar surface area (TPSA) is 96.2 Å². The number of para-hydroxylation sites is 1. The summed E-state index contributed by atoms with van der Waals surface area (Å²) >= 11 is 0. The Labute approximate surface area is 97.2 Å². The highest BCUT2D eigenvalue weighted by Crippen LogP contribution is 2.10. The number of nitrogens with two attached hydrogens (primary N) is 1. The van der Waals surface area contributed by atoms with Crippen molar-refractivity contribution in [3.05, 3.63) is 58.5 Å². The van der Waals surface area contributed by atoms with E-state index >= 15 is 0 Å². The second kappa shape index (κ2) is 5.04. The third-order valence-electron chi connectivity index (χ3n) is 2.06. The first-order valence-corrected chi connectivity index (χ1v) is 4.96. The number of aromatic amines is 1. The number of hydrazine groups is 1. The highest BCUT2D eigenvalue weighted by Gasteiger charge is 2.03. The van der Waals surface area contributed by atoms with E-state index in [1.165, 1.54) is 6.07 Å². The number of benzene rings is 1. The van der Waals surface area contributed by atoms with Gasteiger partial charge in [0, 0.05) is 6.07 Å². The van der Waals surface area contributed by atoms with E-state index in [0.717, 1.165) is 5.69 Å². The van der Waals surface area contributed by atoms with Crippen LogP contribution in [0.5, 0.6) is 0 Å². The van der Waals surface area contributed by atoms with Gasteiger partial charge in [-0.2, -0.15) is 5.10 Å². The van der Waals surface area contributed by atoms with Crippen LogP contribution in [0.4, 0.5) is 5.69 Å². The fourth-order valence-corrected chi connectivity index (χ4v) is 1.27. The average Bonchev–Trinajstić information content (AvgIpc) is 2.38. The van der Waals surface area contributed by atoms with Crippen LogP contribution in [0.25, 0.3) is 0 Å². The van der Waals surface area contributed by atoms with Gasteiger partial charge in [-0.1, -0.05) is 18.2 Å². The maximum atomic E-state index is 10.9. The lowest BCUT2D eigenvalue weighted by Gasteiger charge is -2.03. The molecule has 6 heteroatoms. The van der Waals surface area contributed by atoms with Crippen molar-refractivity contribution in [2.75, 3.05) is 0 Å². The molecule has 0 aliphatic heterocycles. The van der Waals surface area contributed by atoms with Crippen LogP contribution in [0.3, 0.4) is 0 Å². The van der Waals surface area contributed by atoms with Gasteiger partial charge in [-0.25, -0.2) is 15.9 Å². The van der Waals surface area contributed by atoms with Gasteiger partial charge in [0.15, 0.2) is 5.84 Å². The zero-order valence-corrected chi connectivity index (χ0v) is 8.92. The Balaban J connectivity index is 2.37. The second-order valence-electron chi connectivity index (χ2n) is 3.25. The minimum absolute atomic E-state index is 0.273. The lowest BCUT2D eigenvalue weighted by molar-refractivity contribution is 0.944. The number of hydrogen-bond donors (Lipinski definition) is 3. The molecule has 6 nitrogen and oxygen atoms in total. The largest absolute Gasteiger partial charge is 0.307 e. The lowest BCUT2D eigenvalue weighted by Crippen LogP contribution is -2.32. The molecule has 0 unspecified atom stereocenters. The molecule has 0 atom stereocenters. The van der Waals surface area contributed by atoms with Crippen LogP contribution in [0.15, 0.2) is 52.3 Å². The average molecular weight is 229 g/mol. The van der Waals surface area contributed by atoms with Crippen molar-refractivity contribution in [2.45, 2.75) is 0 Å². The second-order valence-corrected chi connectivity index (χ2v) is 3.25. The van der Waals surface area contributed by atoms with Crippen LogP contribution >= 0.6 is 0 Å². The molecule has 0 amide bonds. The van der Waals surface area contributed by atoms with Gasteiger partial charge in [-0.3, -0.25) is 4.79 Å². The Hall–Kier alpha value is -2.47. The summed E-state index contributed by atoms with van der Waals surface area (Å²) in [5.41, 5.74) is 3.39. The van der Waals surface area contributed by atoms with E-state index in [2.05, 4.69) is 20.6 Å². The Morgan fingerprint density at radius 2 is 2.00 bits per heavy atom. The van der Waals surface area contributed by atoms with E-state index in [1.54, 1.807) is 6.07 Å². The van der Waals surface area contributed by atoms with Crippen LogP contribution < -0.4 is 16.8 Å². The van der Waals surface area contributed by atoms with E-state index in [9.17, 15) is 4.79 Å². The molecule has 17 heavy (non-hydrogen) atoms. The van der Waals surface area contributed by atoms with Gasteiger partial charge < -0.3 is 5.43 Å². The number of H-pyrrole nitrogens is 1. The van der Waals surface area contributed by atoms with Gasteiger partial charge >= 0.3 is 0 Å². The first kappa shape index (κ1) is 11.0. The van der Waals surface area contributed by atoms with Crippen molar-refractivity contribution in [3.8, 4) is 0 Å². The first-order chi connectivity index (χ1) is 8.29. The van der Waals surface area contributed by atoms with E-state index in [-0.39, 0.29) is 5.56 Å². The molecule has 0 spiro atoms. The summed E-state index contributed by atoms with van der Waals surface area (Å²) in [7, 11) is 0. The number of aromatic nitrogens is 2. The molecule has 0 bridgehead atoms. The molecule has 2 aromatic rings. The fraction of sp³-hybridized carbons (Fsp3) is 0. The third-order valence-corrected chi connectivity index (χ3v) is 2.06. The molecule has 1 heterocycles. The standard InChI is InChI=1S/C11H11N5O/c12-14-11(9-6-7-10(17)16-15-9)13-8-4-2-1-3-5-8/h1-7H,12H2,(H,13,14)(H,16,17). The maximum Gasteiger partial charge on any atom is 0.264 e. The Morgan fingerprint density at radius 1 is 1.24 bits per heavy atom. The summed E-state index contributed by atoms with van der Waals surface area (Å²) in [4.78, 5) is 15.2. The molecule has 1 aromatic carbocycles. The lowest BCUT2D eigenvalue weighted by atomic mass is 10.3. The van der Waals surface area contributed by atoms with E-state index < -0.39 is 0 Å². The summed E-state index contributed by atoms with van der Waals surface area (Å²) in [6.07, 6.45) is 0. The van der Waals surface area contributed by atoms with E-state index in [1.807, 2.05) is 30.3 Å². The third kappa shape index (κ3) is 2.76. The zero-order valence-electron chi connectivity index (χ0n) is 8.92. The minimum Gasteiger partial charge on any atom is -0.307 e. The first-order valence-electron chi connectivity index (χ1n) is 4.96. The number of nitrogens with zero attached hydrogens (tertiary/aromatic N) is 2. The SMILES string of the molecule is NNC(=Nc1ccccc1)c1ccc(=O)[nH]n1. The molecule has 1 aromatic heterocycles. The number of rotatable bonds is 2. The number of nitrogens with one attached hydrogen (secondary N) is 2. The van der Waals surface area contributed by atoms with E-state index in [0.29, 0.717) is 11.5 Å². The number of hydrogen-bond acceptors (Lipinski definition) is 4. The summed E-state index contributed by atoms with van der Waals surface area (Å²) in [5.74, 6) is 5.76. The molecule has 0 aliphatic carbocycles. The zero-order chi connectivity index (χ0) is 12.1. The van der Waals surface area contributed by atoms with Gasteiger partial charge in [0.1, 0.15) is 5.69 Å². The van der Waals surface area contributed by atoms with Gasteiger partial charge in [0.05, 0.1) is 5.69 Å². The van der Waals surface area contributed by atoms with Crippen LogP contribution in [-0.2, 0) is 0 Å². The van der Waals surface area contributed by atoms with Gasteiger partial charge in [-0.15, -0.1) is 0 Å². The maximum absolute atomic E-state index is 10.9. The molecule has 0 saturated heterocycles. The van der Waals surface area contributed by atoms with Crippen LogP contribution in [0.2, 0.25) is 0 Å². The quantitative estimate of drug-likeness (QED) is 0.299. The highest BCUT2D eigenvalue weighted by molar-refractivity contribution is 5.98. The minimum atomic E-state index is -0.273. The number of amidine groups is 1. The normalized spacial score (nSPS) is 11.2. The molecule has 4 N–H and O–H groups in total. The van der Waals surface area contributed by atoms with Crippen molar-refractivity contribution >= 4 is 11.5 Å². The summed E-state index contributed by atoms with van der Waals surface area (Å²) < 4.78 is 0. The molecule has 0 aliphatic rings. The predicted octanol–water partition coefficient (Wildman–Crippen LogP) is 0.311. The smallest absolute Gasteiger partial charge is 0.264 e. The van der Waals surface area contributed by atoms with Crippen molar-refractivity contribution in [2.24, 2.45) is 10.8 Å². The summed E-state index contributed by atoms with van der Waals surface area (Å²) in [5, 5.41) is 6.15. The molecule has 0 fully saturated rings. The van der Waals surface area contributed by atoms with Crippen LogP contribution in [-0.4, -0.2) is 16.0 Å². The van der Waals surface area contributed by atoms with Crippen LogP contribution in [0.1, 0.15) is 5.69 Å². The fourth-order valence-electron chi connectivity index (χ4n) is 1.27. The Bertz CT molecular complexity index is 555. The van der Waals surface area contributed by atoms with Crippen molar-refractivity contribution < 1.29 is 0 Å². The number of aliphatic imine (C=N–C) groups is 1. The van der Waals surface area contributed by atoms with Crippen molar-refractivity contribution in [1.29, 1.82) is 0 Å². The van der Waals surface area contributed by atoms with Crippen molar-refractivity contribution in [1.82, 2.24) is 15.6 Å². The van der Waals surface area contributed by atoms with E-state index in [4.69, 9.17) is 5.84 Å². The summed E-state index contributed by atoms with van der Waals surface area (Å²) in [6, 6.07) is 12.2. The molecule has 0 radical (unpaired) electrons. The highest BCUT2D eigenvalue weighted by atomic mass is 16.1. The molecule has 0 saturated carbocycles. The predicted molar refractivity (Wildman–Crippen MR) is 64.8 cm³/mol. The van der Waals surface area contributed by atoms with Crippen LogP contribution in [0, 0.1) is 0 Å². The van der Waals surface area contributed by atoms with Crippen molar-refractivity contribution in [3.63, 3.8) is 0 Å².